The summed E-state index contributed by atoms with van der Waals surface area (Å²) in [5, 5.41) is 8.88. The average molecular weight is 277 g/mol. The van der Waals surface area contributed by atoms with Crippen molar-refractivity contribution in [2.75, 3.05) is 12.3 Å². The second kappa shape index (κ2) is 5.59. The van der Waals surface area contributed by atoms with Gasteiger partial charge < -0.3 is 5.73 Å². The smallest absolute Gasteiger partial charge is 0.0991 e. The van der Waals surface area contributed by atoms with Crippen LogP contribution in [0.15, 0.2) is 42.5 Å². The molecule has 0 saturated carbocycles. The first-order valence-electron chi connectivity index (χ1n) is 7.29. The maximum absolute atomic E-state index is 8.88. The number of benzene rings is 2. The molecule has 3 nitrogen and oxygen atoms in total. The van der Waals surface area contributed by atoms with Crippen molar-refractivity contribution >= 4 is 5.69 Å². The number of nitrogens with two attached hydrogens (primary N) is 1. The van der Waals surface area contributed by atoms with Crippen LogP contribution in [0.2, 0.25) is 0 Å². The highest BCUT2D eigenvalue weighted by Crippen LogP contribution is 2.30. The highest BCUT2D eigenvalue weighted by molar-refractivity contribution is 5.51. The summed E-state index contributed by atoms with van der Waals surface area (Å²) in [5.41, 5.74) is 11.6. The summed E-state index contributed by atoms with van der Waals surface area (Å²) in [6.45, 7) is 4.15. The van der Waals surface area contributed by atoms with Crippen LogP contribution >= 0.6 is 0 Å². The predicted molar refractivity (Wildman–Crippen MR) is 84.5 cm³/mol. The lowest BCUT2D eigenvalue weighted by molar-refractivity contribution is 0.192. The Bertz CT molecular complexity index is 683. The summed E-state index contributed by atoms with van der Waals surface area (Å²) in [6, 6.07) is 16.6. The van der Waals surface area contributed by atoms with E-state index in [4.69, 9.17) is 11.0 Å². The fourth-order valence-corrected chi connectivity index (χ4v) is 3.01. The maximum atomic E-state index is 8.88. The highest BCUT2D eigenvalue weighted by atomic mass is 15.2. The fourth-order valence-electron chi connectivity index (χ4n) is 3.01. The summed E-state index contributed by atoms with van der Waals surface area (Å²) in [7, 11) is 0. The van der Waals surface area contributed by atoms with Crippen LogP contribution in [0.5, 0.6) is 0 Å². The Morgan fingerprint density at radius 2 is 1.95 bits per heavy atom. The van der Waals surface area contributed by atoms with Crippen molar-refractivity contribution in [1.29, 1.82) is 5.26 Å². The van der Waals surface area contributed by atoms with Crippen LogP contribution in [-0.4, -0.2) is 11.4 Å². The quantitative estimate of drug-likeness (QED) is 0.857. The Morgan fingerprint density at radius 1 is 1.19 bits per heavy atom. The maximum Gasteiger partial charge on any atom is 0.0991 e. The van der Waals surface area contributed by atoms with Crippen LogP contribution < -0.4 is 5.73 Å². The minimum Gasteiger partial charge on any atom is -0.398 e. The minimum atomic E-state index is 0.325. The summed E-state index contributed by atoms with van der Waals surface area (Å²) >= 11 is 0. The molecule has 0 amide bonds. The van der Waals surface area contributed by atoms with Gasteiger partial charge in [0, 0.05) is 24.8 Å². The number of anilines is 1. The van der Waals surface area contributed by atoms with Crippen LogP contribution in [0.4, 0.5) is 5.69 Å². The number of nitrogen functional groups attached to an aromatic ring is 1. The first-order chi connectivity index (χ1) is 10.2. The van der Waals surface area contributed by atoms with Crippen molar-refractivity contribution in [3.05, 3.63) is 64.7 Å². The largest absolute Gasteiger partial charge is 0.398 e. The van der Waals surface area contributed by atoms with Gasteiger partial charge in [-0.2, -0.15) is 5.26 Å². The van der Waals surface area contributed by atoms with Gasteiger partial charge in [-0.1, -0.05) is 24.3 Å². The molecule has 3 rings (SSSR count). The molecule has 0 fully saturated rings. The van der Waals surface area contributed by atoms with Crippen LogP contribution in [0, 0.1) is 11.3 Å². The predicted octanol–water partition coefficient (Wildman–Crippen LogP) is 3.26. The molecule has 1 unspecified atom stereocenters. The molecule has 0 aliphatic carbocycles. The van der Waals surface area contributed by atoms with Crippen molar-refractivity contribution in [1.82, 2.24) is 4.90 Å². The lowest BCUT2D eigenvalue weighted by Crippen LogP contribution is -2.33. The molecule has 1 aliphatic heterocycles. The Hall–Kier alpha value is -2.31. The molecule has 2 N–H and O–H groups in total. The van der Waals surface area contributed by atoms with Gasteiger partial charge in [-0.25, -0.2) is 0 Å². The van der Waals surface area contributed by atoms with E-state index in [1.165, 1.54) is 16.7 Å². The monoisotopic (exact) mass is 277 g/mol. The standard InChI is InChI=1S/C18H19N3/c1-13(15-7-5-14(11-19)6-8-15)21-10-9-16-3-2-4-18(20)17(16)12-21/h2-8,13H,9-10,12,20H2,1H3. The molecule has 1 heterocycles. The van der Waals surface area contributed by atoms with E-state index in [1.54, 1.807) is 0 Å². The van der Waals surface area contributed by atoms with E-state index in [9.17, 15) is 0 Å². The third-order valence-corrected chi connectivity index (χ3v) is 4.41. The SMILES string of the molecule is CC(c1ccc(C#N)cc1)N1CCc2cccc(N)c2C1. The third kappa shape index (κ3) is 2.63. The van der Waals surface area contributed by atoms with E-state index in [0.29, 0.717) is 11.6 Å². The molecule has 1 aliphatic rings. The molecule has 21 heavy (non-hydrogen) atoms. The van der Waals surface area contributed by atoms with Crippen molar-refractivity contribution in [2.45, 2.75) is 25.9 Å². The number of hydrogen-bond acceptors (Lipinski definition) is 3. The second-order valence-electron chi connectivity index (χ2n) is 5.62. The number of nitrogens with zero attached hydrogens (tertiary/aromatic N) is 2. The highest BCUT2D eigenvalue weighted by Gasteiger charge is 2.22. The van der Waals surface area contributed by atoms with Gasteiger partial charge in [-0.15, -0.1) is 0 Å². The van der Waals surface area contributed by atoms with Gasteiger partial charge in [-0.3, -0.25) is 4.90 Å². The molecule has 1 atom stereocenters. The number of nitriles is 1. The van der Waals surface area contributed by atoms with Crippen molar-refractivity contribution in [3.63, 3.8) is 0 Å². The third-order valence-electron chi connectivity index (χ3n) is 4.41. The first kappa shape index (κ1) is 13.7. The van der Waals surface area contributed by atoms with Gasteiger partial charge in [0.25, 0.3) is 0 Å². The van der Waals surface area contributed by atoms with Crippen LogP contribution in [0.3, 0.4) is 0 Å². The fraction of sp³-hybridized carbons (Fsp3) is 0.278. The molecule has 0 spiro atoms. The molecular formula is C18H19N3. The van der Waals surface area contributed by atoms with Crippen molar-refractivity contribution < 1.29 is 0 Å². The summed E-state index contributed by atoms with van der Waals surface area (Å²) in [6.07, 6.45) is 1.04. The lowest BCUT2D eigenvalue weighted by Gasteiger charge is -2.34. The lowest BCUT2D eigenvalue weighted by atomic mass is 9.95. The minimum absolute atomic E-state index is 0.325. The zero-order chi connectivity index (χ0) is 14.8. The number of hydrogen-bond donors (Lipinski definition) is 1. The van der Waals surface area contributed by atoms with Gasteiger partial charge in [0.15, 0.2) is 0 Å². The van der Waals surface area contributed by atoms with Gasteiger partial charge >= 0.3 is 0 Å². The van der Waals surface area contributed by atoms with Crippen molar-refractivity contribution in [3.8, 4) is 6.07 Å². The Kier molecular flexibility index (Phi) is 3.64. The summed E-state index contributed by atoms with van der Waals surface area (Å²) in [4.78, 5) is 2.44. The first-order valence-corrected chi connectivity index (χ1v) is 7.29. The second-order valence-corrected chi connectivity index (χ2v) is 5.62. The molecule has 2 aromatic carbocycles. The van der Waals surface area contributed by atoms with E-state index in [-0.39, 0.29) is 0 Å². The zero-order valence-electron chi connectivity index (χ0n) is 12.2. The van der Waals surface area contributed by atoms with Crippen LogP contribution in [0.1, 0.15) is 35.2 Å². The van der Waals surface area contributed by atoms with Crippen LogP contribution in [-0.2, 0) is 13.0 Å². The van der Waals surface area contributed by atoms with E-state index >= 15 is 0 Å². The van der Waals surface area contributed by atoms with Gasteiger partial charge in [0.2, 0.25) is 0 Å². The van der Waals surface area contributed by atoms with Gasteiger partial charge in [0.1, 0.15) is 0 Å². The Balaban J connectivity index is 1.82. The topological polar surface area (TPSA) is 53.0 Å². The molecule has 0 saturated heterocycles. The Labute approximate surface area is 125 Å². The molecular weight excluding hydrogens is 258 g/mol. The van der Waals surface area contributed by atoms with E-state index < -0.39 is 0 Å². The van der Waals surface area contributed by atoms with E-state index in [1.807, 2.05) is 36.4 Å². The summed E-state index contributed by atoms with van der Waals surface area (Å²) < 4.78 is 0. The Morgan fingerprint density at radius 3 is 2.67 bits per heavy atom. The normalized spacial score (nSPS) is 16.0. The molecule has 106 valence electrons. The molecule has 0 radical (unpaired) electrons. The molecule has 3 heteroatoms. The van der Waals surface area contributed by atoms with Gasteiger partial charge in [-0.05, 0) is 48.2 Å². The molecule has 2 aromatic rings. The average Bonchev–Trinajstić information content (AvgIpc) is 2.54. The number of fused-ring (bicyclic) bond motifs is 1. The van der Waals surface area contributed by atoms with Gasteiger partial charge in [0.05, 0.1) is 11.6 Å². The summed E-state index contributed by atoms with van der Waals surface area (Å²) in [5.74, 6) is 0. The zero-order valence-corrected chi connectivity index (χ0v) is 12.2. The van der Waals surface area contributed by atoms with Crippen LogP contribution in [0.25, 0.3) is 0 Å². The van der Waals surface area contributed by atoms with E-state index in [0.717, 1.165) is 25.2 Å². The molecule has 0 aromatic heterocycles. The molecule has 0 bridgehead atoms. The number of rotatable bonds is 2. The van der Waals surface area contributed by atoms with E-state index in [2.05, 4.69) is 24.0 Å². The van der Waals surface area contributed by atoms with Crippen molar-refractivity contribution in [2.24, 2.45) is 0 Å².